The number of esters is 1. The van der Waals surface area contributed by atoms with Crippen LogP contribution in [0.15, 0.2) is 35.3 Å². The van der Waals surface area contributed by atoms with Gasteiger partial charge in [-0.1, -0.05) is 56.9 Å². The zero-order valence-corrected chi connectivity index (χ0v) is 38.3. The number of nitrogens with zero attached hydrogens (tertiary/aromatic N) is 1. The summed E-state index contributed by atoms with van der Waals surface area (Å²) in [6.45, 7) is 7.68. The molecule has 0 aromatic heterocycles. The number of guanidine groups is 1. The topological polar surface area (TPSA) is 294 Å². The Labute approximate surface area is 387 Å². The number of anilines is 1. The monoisotopic (exact) mass is 932 g/mol. The van der Waals surface area contributed by atoms with E-state index < -0.39 is 89.5 Å². The van der Waals surface area contributed by atoms with E-state index in [-0.39, 0.29) is 89.6 Å². The number of phenols is 2. The van der Waals surface area contributed by atoms with Gasteiger partial charge in [-0.15, -0.1) is 0 Å². The van der Waals surface area contributed by atoms with Gasteiger partial charge in [-0.2, -0.15) is 0 Å². The second kappa shape index (κ2) is 19.6. The standard InChI is InChI=1S/C48H60N4O15/c1-7-25-10-8-11-26(19-25)14-17-63-39-35(53)33-28(38(62-6)36(39)54)13-16-48(45(60)66-42(33)58)44(59)47(61)15-9-12-27-20-30-34(52-24(4)29(27)18-23(2)3)31(41(56)57)21-32(64-22-51-46(49)50-5)37(30)65-43(67-48)40(47)55/h8,10-11,19,21,23-24,27,29,40,43-45,52-55,59-61H,7,13-18,20,22H2,1-6H3,(H,56,57)(H3,49,50,51). The van der Waals surface area contributed by atoms with Gasteiger partial charge in [0.2, 0.25) is 24.1 Å². The third-order valence-electron chi connectivity index (χ3n) is 13.2. The van der Waals surface area contributed by atoms with E-state index in [4.69, 9.17) is 34.2 Å². The second-order valence-corrected chi connectivity index (χ2v) is 17.9. The van der Waals surface area contributed by atoms with Crippen molar-refractivity contribution in [1.29, 1.82) is 0 Å². The molecule has 1 fully saturated rings. The minimum Gasteiger partial charge on any atom is -0.504 e. The van der Waals surface area contributed by atoms with Crippen LogP contribution in [0.3, 0.4) is 0 Å². The Kier molecular flexibility index (Phi) is 14.3. The molecule has 4 bridgehead atoms. The Morgan fingerprint density at radius 1 is 1.09 bits per heavy atom. The number of aliphatic hydroxyl groups is 4. The summed E-state index contributed by atoms with van der Waals surface area (Å²) < 4.78 is 36.0. The summed E-state index contributed by atoms with van der Waals surface area (Å²) >= 11 is 0. The predicted octanol–water partition coefficient (Wildman–Crippen LogP) is 2.95. The average molecular weight is 933 g/mol. The number of nitrogens with two attached hydrogens (primary N) is 1. The van der Waals surface area contributed by atoms with E-state index >= 15 is 0 Å². The van der Waals surface area contributed by atoms with Gasteiger partial charge in [-0.25, -0.2) is 9.59 Å². The van der Waals surface area contributed by atoms with Crippen molar-refractivity contribution in [3.05, 3.63) is 63.7 Å². The summed E-state index contributed by atoms with van der Waals surface area (Å²) in [7, 11) is 2.66. The number of benzene rings is 3. The molecular weight excluding hydrogens is 873 g/mol. The van der Waals surface area contributed by atoms with Crippen molar-refractivity contribution in [2.45, 2.75) is 115 Å². The number of aliphatic imine (C=N–C) groups is 1. The number of carboxylic acids is 1. The number of methoxy groups -OCH3 is 1. The van der Waals surface area contributed by atoms with Crippen LogP contribution in [0.4, 0.5) is 5.69 Å². The van der Waals surface area contributed by atoms with Crippen molar-refractivity contribution in [3.63, 3.8) is 0 Å². The summed E-state index contributed by atoms with van der Waals surface area (Å²) in [6.07, 6.45) is -8.39. The van der Waals surface area contributed by atoms with Crippen LogP contribution in [0.1, 0.15) is 89.9 Å². The lowest BCUT2D eigenvalue weighted by atomic mass is 9.71. The molecule has 3 aromatic carbocycles. The Bertz CT molecular complexity index is 2470. The summed E-state index contributed by atoms with van der Waals surface area (Å²) in [6, 6.07) is 8.70. The van der Waals surface area contributed by atoms with E-state index in [0.717, 1.165) is 17.5 Å². The van der Waals surface area contributed by atoms with Gasteiger partial charge in [0.05, 0.1) is 25.0 Å². The number of carboxylic acid groups (broad SMARTS) is 1. The van der Waals surface area contributed by atoms with Crippen molar-refractivity contribution in [2.75, 3.05) is 32.8 Å². The van der Waals surface area contributed by atoms with Gasteiger partial charge in [-0.3, -0.25) is 4.99 Å². The third kappa shape index (κ3) is 9.16. The minimum atomic E-state index is -2.66. The van der Waals surface area contributed by atoms with Gasteiger partial charge in [0.15, 0.2) is 41.3 Å². The summed E-state index contributed by atoms with van der Waals surface area (Å²) in [5, 5.41) is 88.7. The van der Waals surface area contributed by atoms with Gasteiger partial charge in [0.1, 0.15) is 23.4 Å². The molecule has 3 aromatic rings. The number of fused-ring (bicyclic) bond motifs is 4. The molecule has 1 saturated heterocycles. The molecular formula is C48H60N4O15. The number of carbonyl (C=O) groups is 2. The number of aryl methyl sites for hydroxylation is 1. The van der Waals surface area contributed by atoms with Gasteiger partial charge in [0.25, 0.3) is 0 Å². The van der Waals surface area contributed by atoms with Crippen molar-refractivity contribution in [1.82, 2.24) is 5.32 Å². The lowest BCUT2D eigenvalue weighted by molar-refractivity contribution is -0.381. The molecule has 9 unspecified atom stereocenters. The molecule has 4 aliphatic rings. The number of cyclic esters (lactones) is 1. The molecule has 1 spiro atoms. The minimum absolute atomic E-state index is 0.000825. The molecule has 4 aliphatic heterocycles. The van der Waals surface area contributed by atoms with Crippen LogP contribution < -0.4 is 35.3 Å². The van der Waals surface area contributed by atoms with Crippen molar-refractivity contribution in [2.24, 2.45) is 28.5 Å². The van der Waals surface area contributed by atoms with E-state index in [0.29, 0.717) is 12.8 Å². The molecule has 11 N–H and O–H groups in total. The number of rotatable bonds is 12. The van der Waals surface area contributed by atoms with E-state index in [1.807, 2.05) is 52.0 Å². The Balaban J connectivity index is 1.33. The molecule has 0 amide bonds. The van der Waals surface area contributed by atoms with Crippen molar-refractivity contribution in [3.8, 4) is 46.3 Å². The first-order valence-electron chi connectivity index (χ1n) is 22.3. The quantitative estimate of drug-likeness (QED) is 0.0411. The highest BCUT2D eigenvalue weighted by Crippen LogP contribution is 2.53. The number of hydrogen-bond acceptors (Lipinski definition) is 16. The summed E-state index contributed by atoms with van der Waals surface area (Å²) in [4.78, 5) is 31.0. The number of aliphatic hydroxyl groups excluding tert-OH is 3. The van der Waals surface area contributed by atoms with Gasteiger partial charge in [0, 0.05) is 49.0 Å². The Morgan fingerprint density at radius 2 is 1.84 bits per heavy atom. The van der Waals surface area contributed by atoms with Crippen LogP contribution in [-0.2, 0) is 35.2 Å². The third-order valence-corrected chi connectivity index (χ3v) is 13.2. The second-order valence-electron chi connectivity index (χ2n) is 17.9. The van der Waals surface area contributed by atoms with E-state index in [2.05, 4.69) is 27.5 Å². The number of hydrogen-bond donors (Lipinski definition) is 10. The number of aromatic carboxylic acids is 1. The fourth-order valence-electron chi connectivity index (χ4n) is 9.66. The molecule has 0 aliphatic carbocycles. The summed E-state index contributed by atoms with van der Waals surface area (Å²) in [5.41, 5.74) is 2.39. The maximum atomic E-state index is 14.2. The van der Waals surface area contributed by atoms with Crippen LogP contribution in [0.25, 0.3) is 0 Å². The van der Waals surface area contributed by atoms with E-state index in [9.17, 15) is 45.3 Å². The van der Waals surface area contributed by atoms with Crippen LogP contribution in [0.2, 0.25) is 0 Å². The zero-order chi connectivity index (χ0) is 48.5. The van der Waals surface area contributed by atoms with Crippen molar-refractivity contribution < 1.29 is 73.8 Å². The smallest absolute Gasteiger partial charge is 0.344 e. The number of ether oxygens (including phenoxy) is 6. The normalized spacial score (nSPS) is 27.8. The molecule has 19 heteroatoms. The fourth-order valence-corrected chi connectivity index (χ4v) is 9.66. The van der Waals surface area contributed by atoms with E-state index in [1.165, 1.54) is 20.2 Å². The molecule has 19 nitrogen and oxygen atoms in total. The Hall–Kier alpha value is -6.17. The number of phenolic OH excluding ortho intramolecular Hbond substituents is 2. The van der Waals surface area contributed by atoms with Crippen LogP contribution in [-0.4, -0.2) is 123 Å². The molecule has 0 radical (unpaired) electrons. The zero-order valence-electron chi connectivity index (χ0n) is 38.3. The highest BCUT2D eigenvalue weighted by molar-refractivity contribution is 5.98. The van der Waals surface area contributed by atoms with E-state index in [1.54, 1.807) is 0 Å². The van der Waals surface area contributed by atoms with Crippen LogP contribution in [0, 0.1) is 29.6 Å². The maximum Gasteiger partial charge on any atom is 0.344 e. The lowest BCUT2D eigenvalue weighted by Crippen LogP contribution is -2.75. The fraction of sp³-hybridized carbons (Fsp3) is 0.521. The SMILES string of the molecule is CCc1cccc(CCOc2c(O)c(OC)c3c(c2O)C(=O)OC(O)C2(CC3)OC3Oc4c(OCNC(N)=NC)cc(C(=O)O)c5c4CC(C#CCC(O)(C3O)C2O)C(CC(C)C)C(C)N5)c1. The van der Waals surface area contributed by atoms with Crippen LogP contribution >= 0.6 is 0 Å². The Morgan fingerprint density at radius 3 is 2.52 bits per heavy atom. The highest BCUT2D eigenvalue weighted by atomic mass is 16.7. The molecule has 7 rings (SSSR count). The molecule has 9 atom stereocenters. The number of aromatic hydroxyl groups is 2. The average Bonchev–Trinajstić information content (AvgIpc) is 3.42. The lowest BCUT2D eigenvalue weighted by Gasteiger charge is -2.54. The van der Waals surface area contributed by atoms with Gasteiger partial charge >= 0.3 is 11.9 Å². The predicted molar refractivity (Wildman–Crippen MR) is 241 cm³/mol. The maximum absolute atomic E-state index is 14.2. The van der Waals surface area contributed by atoms with Gasteiger partial charge < -0.3 is 80.5 Å². The first kappa shape index (κ1) is 48.8. The number of carbonyl (C=O) groups excluding carboxylic acids is 1. The first-order chi connectivity index (χ1) is 31.9. The molecule has 67 heavy (non-hydrogen) atoms. The van der Waals surface area contributed by atoms with Gasteiger partial charge in [-0.05, 0) is 62.0 Å². The first-order valence-corrected chi connectivity index (χ1v) is 22.3. The summed E-state index contributed by atoms with van der Waals surface area (Å²) in [5.74, 6) is 0.612. The van der Waals surface area contributed by atoms with Crippen LogP contribution in [0.5, 0.6) is 34.5 Å². The molecule has 4 heterocycles. The molecule has 0 saturated carbocycles. The molecule has 362 valence electrons. The highest BCUT2D eigenvalue weighted by Gasteiger charge is 2.66. The number of nitrogens with one attached hydrogen (secondary N) is 2. The van der Waals surface area contributed by atoms with Crippen molar-refractivity contribution >= 4 is 23.6 Å². The largest absolute Gasteiger partial charge is 0.504 e.